The molecular weight excluding hydrogens is 494 g/mol. The van der Waals surface area contributed by atoms with Crippen LogP contribution in [0.3, 0.4) is 0 Å². The number of nitrogens with zero attached hydrogens (tertiary/aromatic N) is 4. The highest BCUT2D eigenvalue weighted by atomic mass is 35.5. The van der Waals surface area contributed by atoms with Crippen molar-refractivity contribution >= 4 is 40.0 Å². The Morgan fingerprint density at radius 3 is 2.21 bits per heavy atom. The molecule has 3 aromatic carbocycles. The Bertz CT molecular complexity index is 1410. The average Bonchev–Trinajstić information content (AvgIpc) is 2.98. The lowest BCUT2D eigenvalue weighted by atomic mass is 10.00. The second-order valence-corrected chi connectivity index (χ2v) is 10.7. The molecule has 0 bridgehead atoms. The molecule has 0 unspecified atom stereocenters. The Morgan fingerprint density at radius 2 is 1.50 bits per heavy atom. The largest absolute Gasteiger partial charge is 0.355 e. The minimum Gasteiger partial charge on any atom is -0.355 e. The van der Waals surface area contributed by atoms with Gasteiger partial charge >= 0.3 is 0 Å². The Kier molecular flexibility index (Phi) is 7.25. The summed E-state index contributed by atoms with van der Waals surface area (Å²) in [6, 6.07) is 21.6. The van der Waals surface area contributed by atoms with E-state index in [-0.39, 0.29) is 5.91 Å². The number of amides is 1. The molecule has 1 amide bonds. The lowest BCUT2D eigenvalue weighted by Crippen LogP contribution is -2.46. The first-order valence-corrected chi connectivity index (χ1v) is 13.9. The van der Waals surface area contributed by atoms with E-state index in [1.54, 1.807) is 0 Å². The minimum absolute atomic E-state index is 0.159. The normalized spacial score (nSPS) is 17.0. The van der Waals surface area contributed by atoms with E-state index >= 15 is 0 Å². The van der Waals surface area contributed by atoms with E-state index in [1.165, 1.54) is 45.2 Å². The van der Waals surface area contributed by atoms with Gasteiger partial charge in [-0.2, -0.15) is 0 Å². The molecule has 1 N–H and O–H groups in total. The van der Waals surface area contributed by atoms with Crippen molar-refractivity contribution in [2.45, 2.75) is 38.1 Å². The highest BCUT2D eigenvalue weighted by Gasteiger charge is 2.26. The number of carbonyl (C=O) groups is 1. The van der Waals surface area contributed by atoms with Gasteiger partial charge in [0.15, 0.2) is 0 Å². The lowest BCUT2D eigenvalue weighted by Gasteiger charge is -2.40. The maximum atomic E-state index is 12.9. The number of halogens is 1. The number of anilines is 2. The second-order valence-electron chi connectivity index (χ2n) is 10.3. The Hall–Kier alpha value is -3.48. The Labute approximate surface area is 228 Å². The molecule has 0 saturated carbocycles. The zero-order valence-electron chi connectivity index (χ0n) is 21.4. The fourth-order valence-electron chi connectivity index (χ4n) is 5.63. The molecule has 3 heterocycles. The molecule has 2 saturated heterocycles. The molecule has 6 nitrogen and oxygen atoms in total. The standard InChI is InChI=1S/C31H32ClN5O/c32-25-10-8-23(9-11-25)22-4-6-24(7-5-22)31(38)34-26-12-13-28-29(20-26)33-21-30(35-28)37-18-14-27(15-19-37)36-16-2-1-3-17-36/h4-13,20-21,27H,1-3,14-19H2,(H,34,38). The number of carbonyl (C=O) groups excluding carboxylic acids is 1. The number of benzene rings is 3. The molecular formula is C31H32ClN5O. The highest BCUT2D eigenvalue weighted by Crippen LogP contribution is 2.26. The Morgan fingerprint density at radius 1 is 0.816 bits per heavy atom. The van der Waals surface area contributed by atoms with Crippen LogP contribution in [0.4, 0.5) is 11.5 Å². The van der Waals surface area contributed by atoms with E-state index in [4.69, 9.17) is 16.6 Å². The minimum atomic E-state index is -0.159. The molecule has 0 atom stereocenters. The van der Waals surface area contributed by atoms with Crippen molar-refractivity contribution in [1.29, 1.82) is 0 Å². The van der Waals surface area contributed by atoms with E-state index in [0.29, 0.717) is 22.3 Å². The van der Waals surface area contributed by atoms with Gasteiger partial charge in [-0.05, 0) is 92.4 Å². The fraction of sp³-hybridized carbons (Fsp3) is 0.323. The number of aromatic nitrogens is 2. The summed E-state index contributed by atoms with van der Waals surface area (Å²) in [5.74, 6) is 0.778. The van der Waals surface area contributed by atoms with Gasteiger partial charge < -0.3 is 15.1 Å². The molecule has 194 valence electrons. The van der Waals surface area contributed by atoms with Gasteiger partial charge in [-0.3, -0.25) is 9.78 Å². The number of fused-ring (bicyclic) bond motifs is 1. The first-order chi connectivity index (χ1) is 18.6. The van der Waals surface area contributed by atoms with Crippen LogP contribution in [0.25, 0.3) is 22.2 Å². The quantitative estimate of drug-likeness (QED) is 0.316. The predicted octanol–water partition coefficient (Wildman–Crippen LogP) is 6.66. The van der Waals surface area contributed by atoms with E-state index in [1.807, 2.05) is 72.9 Å². The third-order valence-electron chi connectivity index (χ3n) is 7.81. The summed E-state index contributed by atoms with van der Waals surface area (Å²) in [5, 5.41) is 3.69. The van der Waals surface area contributed by atoms with Crippen LogP contribution < -0.4 is 10.2 Å². The Balaban J connectivity index is 1.09. The third kappa shape index (κ3) is 5.52. The first-order valence-electron chi connectivity index (χ1n) is 13.6. The van der Waals surface area contributed by atoms with Crippen molar-refractivity contribution in [3.05, 3.63) is 83.5 Å². The molecule has 7 heteroatoms. The van der Waals surface area contributed by atoms with Crippen molar-refractivity contribution in [3.63, 3.8) is 0 Å². The average molecular weight is 526 g/mol. The SMILES string of the molecule is O=C(Nc1ccc2nc(N3CCC(N4CCCCC4)CC3)cnc2c1)c1ccc(-c2ccc(Cl)cc2)cc1. The predicted molar refractivity (Wildman–Crippen MR) is 155 cm³/mol. The molecule has 0 spiro atoms. The molecule has 4 aromatic rings. The molecule has 0 radical (unpaired) electrons. The van der Waals surface area contributed by atoms with Crippen LogP contribution in [0.1, 0.15) is 42.5 Å². The molecule has 6 rings (SSSR count). The number of rotatable bonds is 5. The maximum absolute atomic E-state index is 12.9. The molecule has 0 aliphatic carbocycles. The van der Waals surface area contributed by atoms with Gasteiger partial charge in [0.1, 0.15) is 5.82 Å². The van der Waals surface area contributed by atoms with Gasteiger partial charge in [0.05, 0.1) is 17.2 Å². The van der Waals surface area contributed by atoms with Crippen LogP contribution >= 0.6 is 11.6 Å². The number of nitrogens with one attached hydrogen (secondary N) is 1. The summed E-state index contributed by atoms with van der Waals surface area (Å²) in [5.41, 5.74) is 5.00. The van der Waals surface area contributed by atoms with Crippen LogP contribution in [0.5, 0.6) is 0 Å². The lowest BCUT2D eigenvalue weighted by molar-refractivity contribution is 0.102. The van der Waals surface area contributed by atoms with Gasteiger partial charge in [0, 0.05) is 35.4 Å². The first kappa shape index (κ1) is 24.8. The second kappa shape index (κ2) is 11.1. The highest BCUT2D eigenvalue weighted by molar-refractivity contribution is 6.30. The molecule has 38 heavy (non-hydrogen) atoms. The summed E-state index contributed by atoms with van der Waals surface area (Å²) >= 11 is 5.99. The van der Waals surface area contributed by atoms with Gasteiger partial charge in [-0.1, -0.05) is 42.3 Å². The van der Waals surface area contributed by atoms with Gasteiger partial charge in [0.25, 0.3) is 5.91 Å². The van der Waals surface area contributed by atoms with Crippen molar-refractivity contribution in [2.24, 2.45) is 0 Å². The number of hydrogen-bond donors (Lipinski definition) is 1. The summed E-state index contributed by atoms with van der Waals surface area (Å²) in [6.45, 7) is 4.56. The van der Waals surface area contributed by atoms with Gasteiger partial charge in [0.2, 0.25) is 0 Å². The number of hydrogen-bond acceptors (Lipinski definition) is 5. The zero-order valence-corrected chi connectivity index (χ0v) is 22.2. The third-order valence-corrected chi connectivity index (χ3v) is 8.06. The number of piperidine rings is 2. The molecule has 1 aromatic heterocycles. The van der Waals surface area contributed by atoms with E-state index in [2.05, 4.69) is 20.1 Å². The molecule has 2 aliphatic rings. The summed E-state index contributed by atoms with van der Waals surface area (Å²) in [4.78, 5) is 27.5. The molecule has 2 fully saturated rings. The smallest absolute Gasteiger partial charge is 0.255 e. The zero-order chi connectivity index (χ0) is 25.9. The van der Waals surface area contributed by atoms with Crippen molar-refractivity contribution in [2.75, 3.05) is 36.4 Å². The fourth-order valence-corrected chi connectivity index (χ4v) is 5.76. The summed E-state index contributed by atoms with van der Waals surface area (Å²) in [6.07, 6.45) is 8.30. The van der Waals surface area contributed by atoms with Crippen molar-refractivity contribution < 1.29 is 4.79 Å². The topological polar surface area (TPSA) is 61.4 Å². The van der Waals surface area contributed by atoms with Gasteiger partial charge in [-0.15, -0.1) is 0 Å². The summed E-state index contributed by atoms with van der Waals surface area (Å²) < 4.78 is 0. The van der Waals surface area contributed by atoms with E-state index < -0.39 is 0 Å². The molecule has 2 aliphatic heterocycles. The van der Waals surface area contributed by atoms with E-state index in [9.17, 15) is 4.79 Å². The van der Waals surface area contributed by atoms with Crippen LogP contribution in [0.15, 0.2) is 72.9 Å². The van der Waals surface area contributed by atoms with E-state index in [0.717, 1.165) is 41.1 Å². The van der Waals surface area contributed by atoms with Crippen molar-refractivity contribution in [1.82, 2.24) is 14.9 Å². The van der Waals surface area contributed by atoms with Crippen LogP contribution in [-0.4, -0.2) is 53.0 Å². The van der Waals surface area contributed by atoms with Crippen LogP contribution in [-0.2, 0) is 0 Å². The summed E-state index contributed by atoms with van der Waals surface area (Å²) in [7, 11) is 0. The van der Waals surface area contributed by atoms with Crippen LogP contribution in [0.2, 0.25) is 5.02 Å². The van der Waals surface area contributed by atoms with Crippen LogP contribution in [0, 0.1) is 0 Å². The van der Waals surface area contributed by atoms with Crippen molar-refractivity contribution in [3.8, 4) is 11.1 Å². The maximum Gasteiger partial charge on any atom is 0.255 e. The van der Waals surface area contributed by atoms with Gasteiger partial charge in [-0.25, -0.2) is 4.98 Å². The monoisotopic (exact) mass is 525 g/mol. The number of likely N-dealkylation sites (tertiary alicyclic amines) is 1.